The summed E-state index contributed by atoms with van der Waals surface area (Å²) in [5, 5.41) is 10.4. The maximum absolute atomic E-state index is 10.4. The van der Waals surface area contributed by atoms with Gasteiger partial charge in [0.1, 0.15) is 24.9 Å². The summed E-state index contributed by atoms with van der Waals surface area (Å²) in [7, 11) is 0. The Morgan fingerprint density at radius 2 is 1.72 bits per heavy atom. The number of aliphatic hydroxyl groups excluding tert-OH is 1. The molecule has 6 heteroatoms. The molecule has 0 aromatic carbocycles. The average molecular weight is 260 g/mol. The van der Waals surface area contributed by atoms with E-state index in [2.05, 4.69) is 0 Å². The molecule has 6 nitrogen and oxygen atoms in total. The van der Waals surface area contributed by atoms with Gasteiger partial charge in [-0.25, -0.2) is 0 Å². The van der Waals surface area contributed by atoms with Gasteiger partial charge in [0.05, 0.1) is 6.61 Å². The Bertz CT molecular complexity index is 352. The fraction of sp³-hybridized carbons (Fsp3) is 1.00. The molecule has 0 aliphatic carbocycles. The third-order valence-corrected chi connectivity index (χ3v) is 3.53. The van der Waals surface area contributed by atoms with Crippen molar-refractivity contribution in [2.24, 2.45) is 0 Å². The predicted octanol–water partition coefficient (Wildman–Crippen LogP) is 0.377. The van der Waals surface area contributed by atoms with Crippen LogP contribution in [0.25, 0.3) is 0 Å². The van der Waals surface area contributed by atoms with E-state index >= 15 is 0 Å². The van der Waals surface area contributed by atoms with Crippen LogP contribution in [0.2, 0.25) is 0 Å². The van der Waals surface area contributed by atoms with E-state index in [-0.39, 0.29) is 12.7 Å². The first-order valence-corrected chi connectivity index (χ1v) is 6.25. The molecule has 0 aromatic rings. The lowest BCUT2D eigenvalue weighted by atomic mass is 10.0. The molecule has 0 radical (unpaired) electrons. The van der Waals surface area contributed by atoms with Crippen molar-refractivity contribution < 1.29 is 28.8 Å². The van der Waals surface area contributed by atoms with Gasteiger partial charge in [-0.1, -0.05) is 0 Å². The van der Waals surface area contributed by atoms with Gasteiger partial charge in [-0.05, 0) is 27.7 Å². The van der Waals surface area contributed by atoms with Crippen molar-refractivity contribution in [3.8, 4) is 0 Å². The van der Waals surface area contributed by atoms with Gasteiger partial charge in [0.2, 0.25) is 5.79 Å². The number of hydrogen-bond donors (Lipinski definition) is 1. The fourth-order valence-electron chi connectivity index (χ4n) is 2.71. The van der Waals surface area contributed by atoms with Gasteiger partial charge in [0, 0.05) is 0 Å². The standard InChI is InChI=1S/C12H20O6/c1-10(2)14-5-7-8(17-10)9(13)12(16-7)6-15-11(3,4)18-12/h7-9,13H,5-6H2,1-4H3/t7-,8+,9-,12-/m0/s1. The quantitative estimate of drug-likeness (QED) is 0.679. The van der Waals surface area contributed by atoms with E-state index in [0.717, 1.165) is 0 Å². The normalized spacial score (nSPS) is 49.5. The topological polar surface area (TPSA) is 66.4 Å². The Kier molecular flexibility index (Phi) is 2.59. The molecule has 1 spiro atoms. The SMILES string of the molecule is CC1(C)OC[C@@H]2O[C@]3(COC(C)(C)O3)[C@@H](O)[C@@H]2O1. The average Bonchev–Trinajstić information content (AvgIpc) is 2.68. The predicted molar refractivity (Wildman–Crippen MR) is 59.6 cm³/mol. The molecule has 0 amide bonds. The van der Waals surface area contributed by atoms with Crippen molar-refractivity contribution in [2.75, 3.05) is 13.2 Å². The van der Waals surface area contributed by atoms with Gasteiger partial charge < -0.3 is 28.8 Å². The van der Waals surface area contributed by atoms with E-state index in [0.29, 0.717) is 6.61 Å². The molecule has 3 heterocycles. The van der Waals surface area contributed by atoms with Crippen LogP contribution >= 0.6 is 0 Å². The lowest BCUT2D eigenvalue weighted by molar-refractivity contribution is -0.303. The summed E-state index contributed by atoms with van der Waals surface area (Å²) in [5.41, 5.74) is 0. The Labute approximate surface area is 106 Å². The van der Waals surface area contributed by atoms with Crippen LogP contribution in [-0.4, -0.2) is 54.0 Å². The van der Waals surface area contributed by atoms with E-state index in [9.17, 15) is 5.11 Å². The van der Waals surface area contributed by atoms with Crippen molar-refractivity contribution in [3.05, 3.63) is 0 Å². The minimum absolute atomic E-state index is 0.192. The largest absolute Gasteiger partial charge is 0.385 e. The second-order valence-electron chi connectivity index (χ2n) is 6.00. The molecule has 0 bridgehead atoms. The zero-order valence-corrected chi connectivity index (χ0v) is 11.1. The van der Waals surface area contributed by atoms with E-state index in [1.165, 1.54) is 0 Å². The number of ether oxygens (including phenoxy) is 5. The summed E-state index contributed by atoms with van der Waals surface area (Å²) in [4.78, 5) is 0. The van der Waals surface area contributed by atoms with Gasteiger partial charge in [-0.2, -0.15) is 0 Å². The lowest BCUT2D eigenvalue weighted by Gasteiger charge is -2.37. The van der Waals surface area contributed by atoms with Crippen LogP contribution in [0.15, 0.2) is 0 Å². The highest BCUT2D eigenvalue weighted by Crippen LogP contribution is 2.45. The molecule has 4 atom stereocenters. The fourth-order valence-corrected chi connectivity index (χ4v) is 2.71. The van der Waals surface area contributed by atoms with Gasteiger partial charge in [-0.15, -0.1) is 0 Å². The first-order valence-electron chi connectivity index (χ1n) is 6.25. The van der Waals surface area contributed by atoms with E-state index in [4.69, 9.17) is 23.7 Å². The maximum Gasteiger partial charge on any atom is 0.224 e. The Balaban J connectivity index is 1.82. The number of aliphatic hydroxyl groups is 1. The van der Waals surface area contributed by atoms with Crippen molar-refractivity contribution in [3.63, 3.8) is 0 Å². The monoisotopic (exact) mass is 260 g/mol. The molecule has 0 aromatic heterocycles. The Morgan fingerprint density at radius 1 is 1.00 bits per heavy atom. The van der Waals surface area contributed by atoms with Crippen LogP contribution in [0.1, 0.15) is 27.7 Å². The molecular weight excluding hydrogens is 240 g/mol. The Morgan fingerprint density at radius 3 is 2.33 bits per heavy atom. The van der Waals surface area contributed by atoms with Gasteiger partial charge in [0.15, 0.2) is 11.6 Å². The summed E-state index contributed by atoms with van der Waals surface area (Å²) >= 11 is 0. The molecule has 3 fully saturated rings. The minimum Gasteiger partial charge on any atom is -0.385 e. The van der Waals surface area contributed by atoms with E-state index in [1.807, 2.05) is 13.8 Å². The van der Waals surface area contributed by atoms with Crippen molar-refractivity contribution in [2.45, 2.75) is 63.4 Å². The third kappa shape index (κ3) is 1.88. The van der Waals surface area contributed by atoms with E-state index in [1.54, 1.807) is 13.8 Å². The minimum atomic E-state index is -1.14. The van der Waals surface area contributed by atoms with Gasteiger partial charge >= 0.3 is 0 Å². The summed E-state index contributed by atoms with van der Waals surface area (Å²) in [5.74, 6) is -2.61. The van der Waals surface area contributed by atoms with Gasteiger partial charge in [0.25, 0.3) is 0 Å². The molecule has 3 aliphatic rings. The van der Waals surface area contributed by atoms with Crippen LogP contribution < -0.4 is 0 Å². The van der Waals surface area contributed by atoms with Crippen molar-refractivity contribution in [1.82, 2.24) is 0 Å². The Hall–Kier alpha value is -0.240. The molecule has 1 N–H and O–H groups in total. The van der Waals surface area contributed by atoms with Crippen LogP contribution in [0, 0.1) is 0 Å². The summed E-state index contributed by atoms with van der Waals surface area (Å²) in [6.07, 6.45) is -1.66. The number of fused-ring (bicyclic) bond motifs is 1. The van der Waals surface area contributed by atoms with Crippen LogP contribution in [-0.2, 0) is 23.7 Å². The molecule has 3 saturated heterocycles. The number of rotatable bonds is 0. The first kappa shape index (κ1) is 12.8. The molecule has 3 rings (SSSR count). The first-order chi connectivity index (χ1) is 8.23. The summed E-state index contributed by atoms with van der Waals surface area (Å²) in [6.45, 7) is 7.79. The molecule has 0 saturated carbocycles. The highest BCUT2D eigenvalue weighted by Gasteiger charge is 2.64. The smallest absolute Gasteiger partial charge is 0.224 e. The van der Waals surface area contributed by atoms with Crippen LogP contribution in [0.4, 0.5) is 0 Å². The van der Waals surface area contributed by atoms with E-state index < -0.39 is 29.6 Å². The molecular formula is C12H20O6. The maximum atomic E-state index is 10.4. The number of hydrogen-bond acceptors (Lipinski definition) is 6. The highest BCUT2D eigenvalue weighted by atomic mass is 16.9. The van der Waals surface area contributed by atoms with Crippen LogP contribution in [0.3, 0.4) is 0 Å². The van der Waals surface area contributed by atoms with Crippen molar-refractivity contribution in [1.29, 1.82) is 0 Å². The van der Waals surface area contributed by atoms with Crippen molar-refractivity contribution >= 4 is 0 Å². The molecule has 0 unspecified atom stereocenters. The summed E-state index contributed by atoms with van der Waals surface area (Å²) < 4.78 is 28.3. The summed E-state index contributed by atoms with van der Waals surface area (Å²) in [6, 6.07) is 0. The molecule has 3 aliphatic heterocycles. The zero-order valence-electron chi connectivity index (χ0n) is 11.1. The molecule has 18 heavy (non-hydrogen) atoms. The van der Waals surface area contributed by atoms with Gasteiger partial charge in [-0.3, -0.25) is 0 Å². The third-order valence-electron chi connectivity index (χ3n) is 3.53. The zero-order chi connectivity index (χ0) is 13.2. The second-order valence-corrected chi connectivity index (χ2v) is 6.00. The second kappa shape index (κ2) is 3.65. The highest BCUT2D eigenvalue weighted by molar-refractivity contribution is 5.02. The lowest BCUT2D eigenvalue weighted by Crippen LogP contribution is -2.52. The van der Waals surface area contributed by atoms with Crippen LogP contribution in [0.5, 0.6) is 0 Å². The molecule has 104 valence electrons.